The molecule has 1 aliphatic carbocycles. The Bertz CT molecular complexity index is 417. The molecule has 1 aromatic heterocycles. The summed E-state index contributed by atoms with van der Waals surface area (Å²) in [6, 6.07) is 4.89. The van der Waals surface area contributed by atoms with Crippen LogP contribution in [0.4, 0.5) is 0 Å². The van der Waals surface area contributed by atoms with Crippen LogP contribution < -0.4 is 0 Å². The molecule has 1 N–H and O–H groups in total. The fraction of sp³-hybridized carbons (Fsp3) is 0.778. The predicted octanol–water partition coefficient (Wildman–Crippen LogP) is 3.20. The van der Waals surface area contributed by atoms with Crippen molar-refractivity contribution in [2.24, 2.45) is 5.92 Å². The van der Waals surface area contributed by atoms with Crippen molar-refractivity contribution in [3.8, 4) is 0 Å². The van der Waals surface area contributed by atoms with E-state index in [1.54, 1.807) is 0 Å². The molecule has 1 saturated carbocycles. The molecular formula is C18H30N2OS. The molecule has 0 aromatic carbocycles. The number of aliphatic hydroxyl groups is 1. The fourth-order valence-electron chi connectivity index (χ4n) is 4.09. The molecule has 0 radical (unpaired) electrons. The lowest BCUT2D eigenvalue weighted by molar-refractivity contribution is 0.0433. The van der Waals surface area contributed by atoms with E-state index in [1.807, 2.05) is 11.3 Å². The third-order valence-corrected chi connectivity index (χ3v) is 6.19. The smallest absolute Gasteiger partial charge is 0.0446 e. The van der Waals surface area contributed by atoms with Gasteiger partial charge in [-0.25, -0.2) is 0 Å². The van der Waals surface area contributed by atoms with Gasteiger partial charge in [0.25, 0.3) is 0 Å². The number of rotatable bonds is 6. The zero-order chi connectivity index (χ0) is 15.2. The van der Waals surface area contributed by atoms with Crippen LogP contribution >= 0.6 is 11.3 Å². The molecule has 1 atom stereocenters. The Morgan fingerprint density at radius 3 is 2.77 bits per heavy atom. The van der Waals surface area contributed by atoms with Gasteiger partial charge in [0, 0.05) is 50.2 Å². The quantitative estimate of drug-likeness (QED) is 0.871. The first-order chi connectivity index (χ1) is 10.8. The highest BCUT2D eigenvalue weighted by Gasteiger charge is 2.28. The van der Waals surface area contributed by atoms with Gasteiger partial charge in [0.15, 0.2) is 0 Å². The van der Waals surface area contributed by atoms with E-state index in [0.29, 0.717) is 12.6 Å². The molecule has 1 aromatic rings. The zero-order valence-corrected chi connectivity index (χ0v) is 14.4. The minimum absolute atomic E-state index is 0.308. The van der Waals surface area contributed by atoms with Gasteiger partial charge in [-0.05, 0) is 36.6 Å². The largest absolute Gasteiger partial charge is 0.396 e. The van der Waals surface area contributed by atoms with Gasteiger partial charge >= 0.3 is 0 Å². The van der Waals surface area contributed by atoms with E-state index >= 15 is 0 Å². The summed E-state index contributed by atoms with van der Waals surface area (Å²) in [4.78, 5) is 6.70. The maximum atomic E-state index is 9.43. The summed E-state index contributed by atoms with van der Waals surface area (Å²) in [6.07, 6.45) is 8.08. The molecule has 124 valence electrons. The van der Waals surface area contributed by atoms with Crippen LogP contribution in [0.2, 0.25) is 0 Å². The number of hydrogen-bond acceptors (Lipinski definition) is 4. The zero-order valence-electron chi connectivity index (χ0n) is 13.6. The summed E-state index contributed by atoms with van der Waals surface area (Å²) in [6.45, 7) is 6.14. The molecule has 3 rings (SSSR count). The average Bonchev–Trinajstić information content (AvgIpc) is 3.04. The summed E-state index contributed by atoms with van der Waals surface area (Å²) in [5, 5.41) is 11.6. The van der Waals surface area contributed by atoms with Gasteiger partial charge in [0.05, 0.1) is 0 Å². The number of aliphatic hydroxyl groups excluding tert-OH is 1. The molecule has 2 aliphatic rings. The molecule has 3 nitrogen and oxygen atoms in total. The molecule has 2 heterocycles. The second-order valence-electron chi connectivity index (χ2n) is 6.98. The first-order valence-corrected chi connectivity index (χ1v) is 9.83. The Labute approximate surface area is 138 Å². The lowest BCUT2D eigenvalue weighted by atomic mass is 9.88. The molecular weight excluding hydrogens is 292 g/mol. The van der Waals surface area contributed by atoms with Crippen molar-refractivity contribution >= 4 is 11.3 Å². The first kappa shape index (κ1) is 16.4. The van der Waals surface area contributed by atoms with Crippen LogP contribution in [-0.2, 0) is 6.54 Å². The van der Waals surface area contributed by atoms with Gasteiger partial charge in [-0.3, -0.25) is 4.90 Å². The van der Waals surface area contributed by atoms with Gasteiger partial charge in [-0.15, -0.1) is 11.3 Å². The van der Waals surface area contributed by atoms with Crippen LogP contribution in [0, 0.1) is 5.92 Å². The predicted molar refractivity (Wildman–Crippen MR) is 93.2 cm³/mol. The molecule has 0 bridgehead atoms. The van der Waals surface area contributed by atoms with E-state index in [2.05, 4.69) is 27.3 Å². The molecule has 4 heteroatoms. The van der Waals surface area contributed by atoms with E-state index in [4.69, 9.17) is 0 Å². The molecule has 1 aliphatic heterocycles. The van der Waals surface area contributed by atoms with Gasteiger partial charge in [-0.2, -0.15) is 0 Å². The summed E-state index contributed by atoms with van der Waals surface area (Å²) < 4.78 is 0. The van der Waals surface area contributed by atoms with Crippen molar-refractivity contribution in [1.82, 2.24) is 9.80 Å². The molecule has 2 fully saturated rings. The van der Waals surface area contributed by atoms with E-state index in [-0.39, 0.29) is 0 Å². The van der Waals surface area contributed by atoms with Crippen molar-refractivity contribution in [3.05, 3.63) is 22.4 Å². The highest BCUT2D eigenvalue weighted by molar-refractivity contribution is 7.09. The van der Waals surface area contributed by atoms with Crippen LogP contribution in [-0.4, -0.2) is 53.7 Å². The third-order valence-electron chi connectivity index (χ3n) is 5.33. The third kappa shape index (κ3) is 4.54. The number of thiophene rings is 1. The van der Waals surface area contributed by atoms with E-state index < -0.39 is 0 Å². The Morgan fingerprint density at radius 2 is 2.05 bits per heavy atom. The topological polar surface area (TPSA) is 26.7 Å². The Hall–Kier alpha value is -0.420. The summed E-state index contributed by atoms with van der Waals surface area (Å²) in [5.74, 6) is 0.923. The normalized spacial score (nSPS) is 25.6. The van der Waals surface area contributed by atoms with Crippen LogP contribution in [0.3, 0.4) is 0 Å². The van der Waals surface area contributed by atoms with Crippen LogP contribution in [0.15, 0.2) is 17.5 Å². The van der Waals surface area contributed by atoms with Gasteiger partial charge in [0.2, 0.25) is 0 Å². The van der Waals surface area contributed by atoms with E-state index in [0.717, 1.165) is 32.0 Å². The summed E-state index contributed by atoms with van der Waals surface area (Å²) in [5.41, 5.74) is 0. The first-order valence-electron chi connectivity index (χ1n) is 8.95. The average molecular weight is 323 g/mol. The lowest BCUT2D eigenvalue weighted by Gasteiger charge is -2.42. The number of nitrogens with zero attached hydrogens (tertiary/aromatic N) is 2. The minimum atomic E-state index is 0.308. The number of hydrogen-bond donors (Lipinski definition) is 1. The molecule has 1 saturated heterocycles. The summed E-state index contributed by atoms with van der Waals surface area (Å²) >= 11 is 1.85. The molecule has 0 unspecified atom stereocenters. The summed E-state index contributed by atoms with van der Waals surface area (Å²) in [7, 11) is 0. The Kier molecular flexibility index (Phi) is 6.30. The Balaban J connectivity index is 1.53. The second kappa shape index (κ2) is 8.44. The van der Waals surface area contributed by atoms with E-state index in [1.165, 1.54) is 50.1 Å². The SMILES string of the molecule is OCC[C@H]1CN(CC2CCCCC2)CCN1Cc1cccs1. The minimum Gasteiger partial charge on any atom is -0.396 e. The van der Waals surface area contributed by atoms with Gasteiger partial charge in [0.1, 0.15) is 0 Å². The lowest BCUT2D eigenvalue weighted by Crippen LogP contribution is -2.53. The van der Waals surface area contributed by atoms with Crippen LogP contribution in [0.1, 0.15) is 43.4 Å². The van der Waals surface area contributed by atoms with Crippen molar-refractivity contribution in [2.45, 2.75) is 51.1 Å². The van der Waals surface area contributed by atoms with Crippen molar-refractivity contribution in [2.75, 3.05) is 32.8 Å². The molecule has 0 amide bonds. The highest BCUT2D eigenvalue weighted by atomic mass is 32.1. The van der Waals surface area contributed by atoms with Crippen LogP contribution in [0.5, 0.6) is 0 Å². The monoisotopic (exact) mass is 322 g/mol. The molecule has 22 heavy (non-hydrogen) atoms. The van der Waals surface area contributed by atoms with Crippen molar-refractivity contribution < 1.29 is 5.11 Å². The van der Waals surface area contributed by atoms with Gasteiger partial charge < -0.3 is 10.0 Å². The second-order valence-corrected chi connectivity index (χ2v) is 8.01. The van der Waals surface area contributed by atoms with E-state index in [9.17, 15) is 5.11 Å². The van der Waals surface area contributed by atoms with Crippen LogP contribution in [0.25, 0.3) is 0 Å². The molecule has 0 spiro atoms. The Morgan fingerprint density at radius 1 is 1.18 bits per heavy atom. The maximum Gasteiger partial charge on any atom is 0.0446 e. The highest BCUT2D eigenvalue weighted by Crippen LogP contribution is 2.26. The van der Waals surface area contributed by atoms with Gasteiger partial charge in [-0.1, -0.05) is 25.3 Å². The standard InChI is InChI=1S/C18H30N2OS/c21-11-8-17-14-19(13-16-5-2-1-3-6-16)9-10-20(17)15-18-7-4-12-22-18/h4,7,12,16-17,21H,1-3,5-6,8-11,13-15H2/t17-/m0/s1. The fourth-order valence-corrected chi connectivity index (χ4v) is 4.82. The number of piperazine rings is 1. The van der Waals surface area contributed by atoms with Crippen molar-refractivity contribution in [1.29, 1.82) is 0 Å². The van der Waals surface area contributed by atoms with Crippen molar-refractivity contribution in [3.63, 3.8) is 0 Å². The maximum absolute atomic E-state index is 9.43.